The van der Waals surface area contributed by atoms with Crippen LogP contribution in [0.25, 0.3) is 0 Å². The Hall–Kier alpha value is -2.00. The van der Waals surface area contributed by atoms with E-state index in [-0.39, 0.29) is 11.5 Å². The molecule has 2 aromatic rings. The Morgan fingerprint density at radius 2 is 1.74 bits per heavy atom. The highest BCUT2D eigenvalue weighted by Gasteiger charge is 2.20. The third-order valence-electron chi connectivity index (χ3n) is 4.82. The number of phenols is 2. The maximum absolute atomic E-state index is 9.58. The summed E-state index contributed by atoms with van der Waals surface area (Å²) >= 11 is 0. The molecule has 0 spiro atoms. The van der Waals surface area contributed by atoms with Crippen molar-refractivity contribution in [1.82, 2.24) is 5.32 Å². The fourth-order valence-corrected chi connectivity index (χ4v) is 3.39. The Morgan fingerprint density at radius 1 is 0.913 bits per heavy atom. The van der Waals surface area contributed by atoms with Crippen LogP contribution >= 0.6 is 0 Å². The lowest BCUT2D eigenvalue weighted by atomic mass is 9.88. The molecule has 3 heteroatoms. The van der Waals surface area contributed by atoms with Gasteiger partial charge in [-0.25, -0.2) is 0 Å². The van der Waals surface area contributed by atoms with E-state index in [0.29, 0.717) is 6.04 Å². The smallest absolute Gasteiger partial charge is 0.157 e. The minimum atomic E-state index is -0.0497. The third-order valence-corrected chi connectivity index (χ3v) is 4.82. The largest absolute Gasteiger partial charge is 0.504 e. The number of hydrogen-bond acceptors (Lipinski definition) is 3. The molecule has 1 aliphatic rings. The zero-order chi connectivity index (χ0) is 16.1. The molecule has 0 aromatic heterocycles. The van der Waals surface area contributed by atoms with Gasteiger partial charge in [-0.1, -0.05) is 36.4 Å². The third kappa shape index (κ3) is 4.49. The number of hydrogen-bond donors (Lipinski definition) is 3. The van der Waals surface area contributed by atoms with Crippen LogP contribution in [0.15, 0.2) is 48.5 Å². The summed E-state index contributed by atoms with van der Waals surface area (Å²) in [6.45, 7) is 1.07. The van der Waals surface area contributed by atoms with E-state index in [2.05, 4.69) is 35.6 Å². The monoisotopic (exact) mass is 311 g/mol. The summed E-state index contributed by atoms with van der Waals surface area (Å²) in [5.74, 6) is 0.671. The van der Waals surface area contributed by atoms with Gasteiger partial charge in [0.2, 0.25) is 0 Å². The zero-order valence-electron chi connectivity index (χ0n) is 13.4. The van der Waals surface area contributed by atoms with Gasteiger partial charge in [-0.05, 0) is 67.8 Å². The van der Waals surface area contributed by atoms with Crippen LogP contribution in [-0.2, 0) is 12.8 Å². The molecule has 0 aliphatic carbocycles. The Bertz CT molecular complexity index is 619. The molecule has 2 aromatic carbocycles. The van der Waals surface area contributed by atoms with Crippen molar-refractivity contribution in [3.8, 4) is 11.5 Å². The second kappa shape index (κ2) is 7.51. The second-order valence-corrected chi connectivity index (χ2v) is 6.60. The maximum Gasteiger partial charge on any atom is 0.157 e. The molecule has 3 rings (SSSR count). The molecule has 122 valence electrons. The topological polar surface area (TPSA) is 52.5 Å². The van der Waals surface area contributed by atoms with Crippen molar-refractivity contribution >= 4 is 0 Å². The summed E-state index contributed by atoms with van der Waals surface area (Å²) in [5.41, 5.74) is 2.50. The van der Waals surface area contributed by atoms with Gasteiger partial charge in [0, 0.05) is 6.04 Å². The molecule has 2 unspecified atom stereocenters. The Morgan fingerprint density at radius 3 is 2.43 bits per heavy atom. The van der Waals surface area contributed by atoms with Gasteiger partial charge in [0.1, 0.15) is 0 Å². The predicted molar refractivity (Wildman–Crippen MR) is 92.8 cm³/mol. The van der Waals surface area contributed by atoms with E-state index >= 15 is 0 Å². The highest BCUT2D eigenvalue weighted by Crippen LogP contribution is 2.27. The first-order valence-corrected chi connectivity index (χ1v) is 8.49. The molecule has 3 N–H and O–H groups in total. The quantitative estimate of drug-likeness (QED) is 0.739. The Kier molecular flexibility index (Phi) is 5.19. The van der Waals surface area contributed by atoms with E-state index in [1.165, 1.54) is 24.8 Å². The van der Waals surface area contributed by atoms with Crippen LogP contribution in [0.3, 0.4) is 0 Å². The van der Waals surface area contributed by atoms with Gasteiger partial charge in [0.25, 0.3) is 0 Å². The Balaban J connectivity index is 1.44. The van der Waals surface area contributed by atoms with Crippen LogP contribution in [0.5, 0.6) is 11.5 Å². The molecule has 1 heterocycles. The minimum Gasteiger partial charge on any atom is -0.504 e. The molecular weight excluding hydrogens is 286 g/mol. The van der Waals surface area contributed by atoms with Gasteiger partial charge in [0.15, 0.2) is 11.5 Å². The summed E-state index contributed by atoms with van der Waals surface area (Å²) < 4.78 is 0. The lowest BCUT2D eigenvalue weighted by Gasteiger charge is -2.30. The van der Waals surface area contributed by atoms with Crippen LogP contribution < -0.4 is 5.32 Å². The summed E-state index contributed by atoms with van der Waals surface area (Å²) in [5, 5.41) is 22.6. The van der Waals surface area contributed by atoms with Gasteiger partial charge < -0.3 is 15.5 Å². The van der Waals surface area contributed by atoms with Crippen molar-refractivity contribution in [1.29, 1.82) is 0 Å². The number of aromatic hydroxyl groups is 2. The molecule has 0 bridgehead atoms. The van der Waals surface area contributed by atoms with Gasteiger partial charge in [-0.15, -0.1) is 0 Å². The lowest BCUT2D eigenvalue weighted by Crippen LogP contribution is -2.40. The summed E-state index contributed by atoms with van der Waals surface area (Å²) in [4.78, 5) is 0. The Labute approximate surface area is 138 Å². The molecule has 2 atom stereocenters. The molecule has 1 saturated heterocycles. The molecule has 1 fully saturated rings. The fourth-order valence-electron chi connectivity index (χ4n) is 3.39. The number of benzene rings is 2. The average Bonchev–Trinajstić information content (AvgIpc) is 2.58. The van der Waals surface area contributed by atoms with E-state index < -0.39 is 0 Å². The molecule has 23 heavy (non-hydrogen) atoms. The summed E-state index contributed by atoms with van der Waals surface area (Å²) in [7, 11) is 0. The van der Waals surface area contributed by atoms with Crippen molar-refractivity contribution in [2.75, 3.05) is 6.54 Å². The van der Waals surface area contributed by atoms with Crippen LogP contribution in [0.4, 0.5) is 0 Å². The minimum absolute atomic E-state index is 0.0287. The number of nitrogens with one attached hydrogen (secondary N) is 1. The number of phenolic OH excluding ortho intramolecular Hbond substituents is 2. The normalized spacial score (nSPS) is 21.2. The zero-order valence-corrected chi connectivity index (χ0v) is 13.4. The summed E-state index contributed by atoms with van der Waals surface area (Å²) in [6.07, 6.45) is 5.72. The van der Waals surface area contributed by atoms with E-state index in [1.54, 1.807) is 12.1 Å². The van der Waals surface area contributed by atoms with Crippen molar-refractivity contribution in [2.24, 2.45) is 5.92 Å². The predicted octanol–water partition coefficient (Wildman–Crippen LogP) is 3.64. The van der Waals surface area contributed by atoms with Crippen LogP contribution in [0.2, 0.25) is 0 Å². The van der Waals surface area contributed by atoms with E-state index in [4.69, 9.17) is 0 Å². The first-order valence-electron chi connectivity index (χ1n) is 8.49. The molecule has 0 saturated carbocycles. The van der Waals surface area contributed by atoms with Crippen LogP contribution in [-0.4, -0.2) is 22.8 Å². The van der Waals surface area contributed by atoms with Crippen LogP contribution in [0, 0.1) is 5.92 Å². The van der Waals surface area contributed by atoms with Crippen molar-refractivity contribution in [3.63, 3.8) is 0 Å². The van der Waals surface area contributed by atoms with Gasteiger partial charge in [0.05, 0.1) is 0 Å². The molecule has 0 radical (unpaired) electrons. The molecule has 0 amide bonds. The number of aryl methyl sites for hydroxylation is 1. The standard InChI is InChI=1S/C20H25NO2/c22-19-11-9-17(13-20(19)23)12-18-10-8-16(14-21-18)7-6-15-4-2-1-3-5-15/h1-5,9,11,13,16,18,21-23H,6-8,10,12,14H2. The summed E-state index contributed by atoms with van der Waals surface area (Å²) in [6, 6.07) is 16.3. The molecule has 3 nitrogen and oxygen atoms in total. The fraction of sp³-hybridized carbons (Fsp3) is 0.400. The first-order chi connectivity index (χ1) is 11.2. The van der Waals surface area contributed by atoms with Crippen molar-refractivity contribution < 1.29 is 10.2 Å². The van der Waals surface area contributed by atoms with E-state index in [0.717, 1.165) is 30.9 Å². The van der Waals surface area contributed by atoms with E-state index in [9.17, 15) is 10.2 Å². The highest BCUT2D eigenvalue weighted by atomic mass is 16.3. The SMILES string of the molecule is Oc1ccc(CC2CCC(CCc3ccccc3)CN2)cc1O. The van der Waals surface area contributed by atoms with Gasteiger partial charge in [-0.3, -0.25) is 0 Å². The second-order valence-electron chi connectivity index (χ2n) is 6.60. The van der Waals surface area contributed by atoms with Crippen LogP contribution in [0.1, 0.15) is 30.4 Å². The van der Waals surface area contributed by atoms with Gasteiger partial charge in [-0.2, -0.15) is 0 Å². The molecular formula is C20H25NO2. The van der Waals surface area contributed by atoms with Crippen molar-refractivity contribution in [3.05, 3.63) is 59.7 Å². The van der Waals surface area contributed by atoms with Crippen molar-refractivity contribution in [2.45, 2.75) is 38.1 Å². The first kappa shape index (κ1) is 15.9. The highest BCUT2D eigenvalue weighted by molar-refractivity contribution is 5.40. The van der Waals surface area contributed by atoms with E-state index in [1.807, 2.05) is 6.07 Å². The molecule has 1 aliphatic heterocycles. The maximum atomic E-state index is 9.58. The average molecular weight is 311 g/mol. The lowest BCUT2D eigenvalue weighted by molar-refractivity contribution is 0.296. The van der Waals surface area contributed by atoms with Gasteiger partial charge >= 0.3 is 0 Å². The number of rotatable bonds is 5. The number of piperidine rings is 1.